The minimum atomic E-state index is 0.775. The molecule has 0 bridgehead atoms. The molecule has 1 fully saturated rings. The summed E-state index contributed by atoms with van der Waals surface area (Å²) in [5.41, 5.74) is 3.81. The second-order valence-electron chi connectivity index (χ2n) is 5.35. The Labute approximate surface area is 110 Å². The Hall–Kier alpha value is -1.22. The van der Waals surface area contributed by atoms with Gasteiger partial charge in [-0.2, -0.15) is 0 Å². The van der Waals surface area contributed by atoms with E-state index in [1.54, 1.807) is 7.11 Å². The Bertz CT molecular complexity index is 411. The Kier molecular flexibility index (Phi) is 4.12. The van der Waals surface area contributed by atoms with Crippen molar-refractivity contribution in [2.45, 2.75) is 20.3 Å². The molecule has 1 atom stereocenters. The maximum atomic E-state index is 5.37. The summed E-state index contributed by atoms with van der Waals surface area (Å²) in [5.74, 6) is 1.75. The molecule has 1 aliphatic heterocycles. The van der Waals surface area contributed by atoms with Crippen LogP contribution in [0.1, 0.15) is 17.5 Å². The van der Waals surface area contributed by atoms with E-state index in [9.17, 15) is 0 Å². The predicted molar refractivity (Wildman–Crippen MR) is 76.7 cm³/mol. The predicted octanol–water partition coefficient (Wildman–Crippen LogP) is 2.36. The molecule has 3 nitrogen and oxygen atoms in total. The number of hydrogen-bond donors (Lipinski definition) is 1. The number of benzene rings is 1. The second kappa shape index (κ2) is 5.61. The monoisotopic (exact) mass is 248 g/mol. The van der Waals surface area contributed by atoms with E-state index < -0.39 is 0 Å². The Morgan fingerprint density at radius 3 is 2.72 bits per heavy atom. The lowest BCUT2D eigenvalue weighted by atomic mass is 10.1. The van der Waals surface area contributed by atoms with Crippen LogP contribution in [0.2, 0.25) is 0 Å². The molecule has 1 aromatic carbocycles. The molecule has 0 aliphatic carbocycles. The highest BCUT2D eigenvalue weighted by molar-refractivity contribution is 5.58. The lowest BCUT2D eigenvalue weighted by Crippen LogP contribution is -2.27. The zero-order valence-corrected chi connectivity index (χ0v) is 11.9. The molecule has 1 unspecified atom stereocenters. The van der Waals surface area contributed by atoms with Crippen LogP contribution in [0.5, 0.6) is 5.75 Å². The maximum absolute atomic E-state index is 5.37. The van der Waals surface area contributed by atoms with Crippen molar-refractivity contribution in [3.8, 4) is 5.75 Å². The first kappa shape index (κ1) is 13.2. The number of nitrogens with one attached hydrogen (secondary N) is 1. The van der Waals surface area contributed by atoms with Gasteiger partial charge in [-0.05, 0) is 62.5 Å². The Balaban J connectivity index is 2.13. The number of nitrogens with zero attached hydrogens (tertiary/aromatic N) is 1. The van der Waals surface area contributed by atoms with Crippen molar-refractivity contribution in [3.05, 3.63) is 23.3 Å². The zero-order chi connectivity index (χ0) is 13.1. The normalized spacial score (nSPS) is 19.0. The van der Waals surface area contributed by atoms with Crippen LogP contribution in [0.25, 0.3) is 0 Å². The van der Waals surface area contributed by atoms with Crippen LogP contribution in [0.3, 0.4) is 0 Å². The molecule has 1 saturated heterocycles. The maximum Gasteiger partial charge on any atom is 0.122 e. The van der Waals surface area contributed by atoms with Crippen molar-refractivity contribution < 1.29 is 4.74 Å². The molecule has 0 aromatic heterocycles. The van der Waals surface area contributed by atoms with Gasteiger partial charge in [0.15, 0.2) is 0 Å². The second-order valence-corrected chi connectivity index (χ2v) is 5.35. The van der Waals surface area contributed by atoms with Gasteiger partial charge in [-0.1, -0.05) is 0 Å². The molecular formula is C15H24N2O. The lowest BCUT2D eigenvalue weighted by Gasteiger charge is -2.25. The summed E-state index contributed by atoms with van der Waals surface area (Å²) in [6.07, 6.45) is 1.29. The van der Waals surface area contributed by atoms with Crippen molar-refractivity contribution in [1.82, 2.24) is 5.32 Å². The van der Waals surface area contributed by atoms with Crippen molar-refractivity contribution in [2.24, 2.45) is 5.92 Å². The summed E-state index contributed by atoms with van der Waals surface area (Å²) in [6, 6.07) is 4.37. The number of ether oxygens (including phenoxy) is 1. The third kappa shape index (κ3) is 2.78. The van der Waals surface area contributed by atoms with Crippen LogP contribution in [-0.2, 0) is 0 Å². The summed E-state index contributed by atoms with van der Waals surface area (Å²) >= 11 is 0. The number of rotatable bonds is 4. The fourth-order valence-electron chi connectivity index (χ4n) is 2.76. The molecule has 1 aromatic rings. The highest BCUT2D eigenvalue weighted by Crippen LogP contribution is 2.28. The molecule has 0 amide bonds. The summed E-state index contributed by atoms with van der Waals surface area (Å²) in [5, 5.41) is 3.43. The molecule has 18 heavy (non-hydrogen) atoms. The summed E-state index contributed by atoms with van der Waals surface area (Å²) < 4.78 is 5.37. The van der Waals surface area contributed by atoms with Gasteiger partial charge in [0.1, 0.15) is 5.75 Å². The van der Waals surface area contributed by atoms with Crippen LogP contribution < -0.4 is 15.0 Å². The quantitative estimate of drug-likeness (QED) is 0.885. The number of hydrogen-bond acceptors (Lipinski definition) is 3. The van der Waals surface area contributed by atoms with Crippen molar-refractivity contribution >= 4 is 5.69 Å². The third-order valence-electron chi connectivity index (χ3n) is 3.82. The average molecular weight is 248 g/mol. The van der Waals surface area contributed by atoms with Gasteiger partial charge in [0, 0.05) is 19.3 Å². The van der Waals surface area contributed by atoms with Gasteiger partial charge in [0.2, 0.25) is 0 Å². The first-order valence-corrected chi connectivity index (χ1v) is 6.69. The van der Waals surface area contributed by atoms with Gasteiger partial charge >= 0.3 is 0 Å². The fourth-order valence-corrected chi connectivity index (χ4v) is 2.76. The van der Waals surface area contributed by atoms with Crippen LogP contribution in [-0.4, -0.2) is 33.8 Å². The van der Waals surface area contributed by atoms with Crippen molar-refractivity contribution in [3.63, 3.8) is 0 Å². The van der Waals surface area contributed by atoms with E-state index in [1.807, 2.05) is 0 Å². The molecule has 0 radical (unpaired) electrons. The standard InChI is InChI=1S/C15H24N2O/c1-11-8-15(18-4)12(2)7-14(11)17(3)10-13-5-6-16-9-13/h7-8,13,16H,5-6,9-10H2,1-4H3. The molecule has 0 spiro atoms. The van der Waals surface area contributed by atoms with Crippen molar-refractivity contribution in [2.75, 3.05) is 38.7 Å². The van der Waals surface area contributed by atoms with Gasteiger partial charge < -0.3 is 15.0 Å². The van der Waals surface area contributed by atoms with Crippen molar-refractivity contribution in [1.29, 1.82) is 0 Å². The molecular weight excluding hydrogens is 224 g/mol. The smallest absolute Gasteiger partial charge is 0.122 e. The van der Waals surface area contributed by atoms with E-state index in [0.29, 0.717) is 0 Å². The minimum Gasteiger partial charge on any atom is -0.496 e. The van der Waals surface area contributed by atoms with Gasteiger partial charge in [-0.3, -0.25) is 0 Å². The molecule has 3 heteroatoms. The average Bonchev–Trinajstić information content (AvgIpc) is 2.84. The largest absolute Gasteiger partial charge is 0.496 e. The fraction of sp³-hybridized carbons (Fsp3) is 0.600. The van der Waals surface area contributed by atoms with Crippen LogP contribution >= 0.6 is 0 Å². The minimum absolute atomic E-state index is 0.775. The lowest BCUT2D eigenvalue weighted by molar-refractivity contribution is 0.411. The van der Waals surface area contributed by atoms with Crippen LogP contribution in [0.15, 0.2) is 12.1 Å². The highest BCUT2D eigenvalue weighted by atomic mass is 16.5. The van der Waals surface area contributed by atoms with E-state index in [4.69, 9.17) is 4.74 Å². The topological polar surface area (TPSA) is 24.5 Å². The molecule has 2 rings (SSSR count). The molecule has 1 N–H and O–H groups in total. The third-order valence-corrected chi connectivity index (χ3v) is 3.82. The van der Waals surface area contributed by atoms with E-state index in [0.717, 1.165) is 24.8 Å². The van der Waals surface area contributed by atoms with Gasteiger partial charge in [0.25, 0.3) is 0 Å². The molecule has 100 valence electrons. The summed E-state index contributed by atoms with van der Waals surface area (Å²) in [7, 11) is 3.92. The van der Waals surface area contributed by atoms with Gasteiger partial charge in [-0.25, -0.2) is 0 Å². The Morgan fingerprint density at radius 2 is 2.11 bits per heavy atom. The van der Waals surface area contributed by atoms with E-state index >= 15 is 0 Å². The summed E-state index contributed by atoms with van der Waals surface area (Å²) in [6.45, 7) is 7.70. The number of aryl methyl sites for hydroxylation is 2. The van der Waals surface area contributed by atoms with E-state index in [1.165, 1.54) is 29.8 Å². The van der Waals surface area contributed by atoms with Gasteiger partial charge in [0.05, 0.1) is 7.11 Å². The first-order valence-electron chi connectivity index (χ1n) is 6.69. The molecule has 0 saturated carbocycles. The van der Waals surface area contributed by atoms with E-state index in [-0.39, 0.29) is 0 Å². The Morgan fingerprint density at radius 1 is 1.33 bits per heavy atom. The first-order chi connectivity index (χ1) is 8.61. The number of anilines is 1. The zero-order valence-electron chi connectivity index (χ0n) is 11.9. The van der Waals surface area contributed by atoms with Crippen LogP contribution in [0.4, 0.5) is 5.69 Å². The van der Waals surface area contributed by atoms with Gasteiger partial charge in [-0.15, -0.1) is 0 Å². The summed E-state index contributed by atoms with van der Waals surface area (Å²) in [4.78, 5) is 2.37. The highest BCUT2D eigenvalue weighted by Gasteiger charge is 2.17. The molecule has 1 aliphatic rings. The molecule has 1 heterocycles. The van der Waals surface area contributed by atoms with E-state index in [2.05, 4.69) is 43.2 Å². The van der Waals surface area contributed by atoms with Crippen LogP contribution in [0, 0.1) is 19.8 Å². The number of methoxy groups -OCH3 is 1. The SMILES string of the molecule is COc1cc(C)c(N(C)CC2CCNC2)cc1C.